The van der Waals surface area contributed by atoms with Crippen LogP contribution in [0.1, 0.15) is 58.4 Å². The molecule has 0 radical (unpaired) electrons. The maximum absolute atomic E-state index is 13.3. The van der Waals surface area contributed by atoms with Gasteiger partial charge in [0, 0.05) is 18.0 Å². The zero-order valence-electron chi connectivity index (χ0n) is 17.0. The van der Waals surface area contributed by atoms with Gasteiger partial charge in [-0.05, 0) is 78.2 Å². The van der Waals surface area contributed by atoms with E-state index in [4.69, 9.17) is 0 Å². The Bertz CT molecular complexity index is 940. The maximum atomic E-state index is 13.3. The summed E-state index contributed by atoms with van der Waals surface area (Å²) in [6.07, 6.45) is 13.3. The highest BCUT2D eigenvalue weighted by atomic mass is 19.1. The molecule has 4 aliphatic carbocycles. The molecule has 0 bridgehead atoms. The minimum atomic E-state index is -0.426. The predicted octanol–water partition coefficient (Wildman–Crippen LogP) is 5.91. The van der Waals surface area contributed by atoms with Crippen molar-refractivity contribution >= 4 is 11.4 Å². The van der Waals surface area contributed by atoms with Gasteiger partial charge in [0.2, 0.25) is 5.95 Å². The van der Waals surface area contributed by atoms with E-state index in [9.17, 15) is 9.18 Å². The van der Waals surface area contributed by atoms with Crippen molar-refractivity contribution in [2.24, 2.45) is 28.6 Å². The number of rotatable bonds is 1. The minimum absolute atomic E-state index is 0.0163. The van der Waals surface area contributed by atoms with Crippen LogP contribution in [0.5, 0.6) is 0 Å². The van der Waals surface area contributed by atoms with Crippen molar-refractivity contribution in [1.82, 2.24) is 4.98 Å². The van der Waals surface area contributed by atoms with Crippen LogP contribution < -0.4 is 0 Å². The minimum Gasteiger partial charge on any atom is -0.295 e. The topological polar surface area (TPSA) is 30.0 Å². The summed E-state index contributed by atoms with van der Waals surface area (Å²) in [5.41, 5.74) is 5.44. The summed E-state index contributed by atoms with van der Waals surface area (Å²) >= 11 is 0. The summed E-state index contributed by atoms with van der Waals surface area (Å²) in [5.74, 6) is 1.51. The lowest BCUT2D eigenvalue weighted by Crippen LogP contribution is -2.49. The van der Waals surface area contributed by atoms with Gasteiger partial charge in [-0.25, -0.2) is 4.98 Å². The van der Waals surface area contributed by atoms with E-state index in [0.717, 1.165) is 24.8 Å². The molecule has 1 aromatic heterocycles. The summed E-state index contributed by atoms with van der Waals surface area (Å²) in [6, 6.07) is 3.32. The van der Waals surface area contributed by atoms with E-state index in [0.29, 0.717) is 30.0 Å². The van der Waals surface area contributed by atoms with Gasteiger partial charge in [0.1, 0.15) is 0 Å². The van der Waals surface area contributed by atoms with Crippen molar-refractivity contribution in [3.8, 4) is 0 Å². The van der Waals surface area contributed by atoms with Crippen molar-refractivity contribution in [3.05, 3.63) is 59.2 Å². The van der Waals surface area contributed by atoms with Crippen LogP contribution in [0, 0.1) is 34.5 Å². The second kappa shape index (κ2) is 5.98. The van der Waals surface area contributed by atoms with Crippen molar-refractivity contribution < 1.29 is 9.18 Å². The molecule has 2 saturated carbocycles. The highest BCUT2D eigenvalue weighted by Crippen LogP contribution is 2.66. The maximum Gasteiger partial charge on any atom is 0.212 e. The van der Waals surface area contributed by atoms with Gasteiger partial charge in [0.15, 0.2) is 5.78 Å². The number of hydrogen-bond donors (Lipinski definition) is 0. The largest absolute Gasteiger partial charge is 0.295 e. The molecule has 3 unspecified atom stereocenters. The van der Waals surface area contributed by atoms with Gasteiger partial charge in [-0.2, -0.15) is 4.39 Å². The zero-order valence-corrected chi connectivity index (χ0v) is 17.0. The van der Waals surface area contributed by atoms with Crippen LogP contribution in [0.25, 0.3) is 5.57 Å². The summed E-state index contributed by atoms with van der Waals surface area (Å²) in [4.78, 5) is 16.0. The zero-order chi connectivity index (χ0) is 19.7. The fourth-order valence-electron chi connectivity index (χ4n) is 6.92. The molecule has 4 aliphatic rings. The third kappa shape index (κ3) is 2.38. The highest BCUT2D eigenvalue weighted by molar-refractivity contribution is 5.91. The van der Waals surface area contributed by atoms with Crippen LogP contribution >= 0.6 is 0 Å². The molecule has 5 atom stereocenters. The van der Waals surface area contributed by atoms with Gasteiger partial charge in [-0.15, -0.1) is 0 Å². The molecule has 5 rings (SSSR count). The van der Waals surface area contributed by atoms with Crippen molar-refractivity contribution in [3.63, 3.8) is 0 Å². The average Bonchev–Trinajstić information content (AvgIpc) is 3.01. The lowest BCUT2D eigenvalue weighted by Gasteiger charge is -2.57. The Labute approximate surface area is 166 Å². The molecular weight excluding hydrogens is 349 g/mol. The lowest BCUT2D eigenvalue weighted by atomic mass is 9.46. The number of allylic oxidation sites excluding steroid dienone is 6. The molecule has 2 nitrogen and oxygen atoms in total. The molecule has 0 spiro atoms. The number of halogens is 1. The molecule has 0 aromatic carbocycles. The van der Waals surface area contributed by atoms with Crippen LogP contribution in [0.2, 0.25) is 0 Å². The molecule has 2 fully saturated rings. The van der Waals surface area contributed by atoms with Gasteiger partial charge in [-0.3, -0.25) is 4.79 Å². The lowest BCUT2D eigenvalue weighted by molar-refractivity contribution is -0.116. The van der Waals surface area contributed by atoms with Crippen molar-refractivity contribution in [1.29, 1.82) is 0 Å². The van der Waals surface area contributed by atoms with Crippen molar-refractivity contribution in [2.75, 3.05) is 0 Å². The monoisotopic (exact) mass is 377 g/mol. The number of hydrogen-bond acceptors (Lipinski definition) is 2. The van der Waals surface area contributed by atoms with E-state index in [1.165, 1.54) is 23.6 Å². The number of ketones is 1. The third-order valence-corrected chi connectivity index (χ3v) is 8.36. The Hall–Kier alpha value is -2.03. The summed E-state index contributed by atoms with van der Waals surface area (Å²) in [5, 5.41) is 0. The fourth-order valence-corrected chi connectivity index (χ4v) is 6.92. The molecule has 28 heavy (non-hydrogen) atoms. The smallest absolute Gasteiger partial charge is 0.212 e. The van der Waals surface area contributed by atoms with Crippen LogP contribution in [-0.4, -0.2) is 10.8 Å². The molecule has 3 heteroatoms. The summed E-state index contributed by atoms with van der Waals surface area (Å²) in [7, 11) is 0. The van der Waals surface area contributed by atoms with E-state index in [-0.39, 0.29) is 10.8 Å². The highest BCUT2D eigenvalue weighted by Gasteiger charge is 2.56. The molecular formula is C25H28FNO. The molecule has 1 aromatic rings. The normalized spacial score (nSPS) is 39.4. The van der Waals surface area contributed by atoms with E-state index in [1.54, 1.807) is 11.8 Å². The SMILES string of the molecule is CC1CC2C3=CC=C(c4ccc(F)nc4)[C@@]3(C)CCC2[C@@]2(C)CCC(=O)C=C12. The molecule has 0 aliphatic heterocycles. The number of fused-ring (bicyclic) bond motifs is 5. The Morgan fingerprint density at radius 1 is 1.14 bits per heavy atom. The molecule has 0 N–H and O–H groups in total. The Morgan fingerprint density at radius 2 is 1.96 bits per heavy atom. The molecule has 0 saturated heterocycles. The van der Waals surface area contributed by atoms with Crippen LogP contribution in [0.3, 0.4) is 0 Å². The number of nitrogens with zero attached hydrogens (tertiary/aromatic N) is 1. The molecule has 1 heterocycles. The quantitative estimate of drug-likeness (QED) is 0.569. The second-order valence-corrected chi connectivity index (χ2v) is 9.78. The van der Waals surface area contributed by atoms with Gasteiger partial charge in [0.25, 0.3) is 0 Å². The van der Waals surface area contributed by atoms with E-state index >= 15 is 0 Å². The van der Waals surface area contributed by atoms with Gasteiger partial charge < -0.3 is 0 Å². The summed E-state index contributed by atoms with van der Waals surface area (Å²) in [6.45, 7) is 7.08. The van der Waals surface area contributed by atoms with E-state index < -0.39 is 5.95 Å². The van der Waals surface area contributed by atoms with Gasteiger partial charge in [0.05, 0.1) is 0 Å². The Kier molecular flexibility index (Phi) is 3.85. The first kappa shape index (κ1) is 18.0. The second-order valence-electron chi connectivity index (χ2n) is 9.78. The first-order valence-corrected chi connectivity index (χ1v) is 10.6. The fraction of sp³-hybridized carbons (Fsp3) is 0.520. The van der Waals surface area contributed by atoms with Crippen molar-refractivity contribution in [2.45, 2.75) is 52.9 Å². The van der Waals surface area contributed by atoms with Crippen LogP contribution in [0.4, 0.5) is 4.39 Å². The molecule has 0 amide bonds. The number of aromatic nitrogens is 1. The van der Waals surface area contributed by atoms with E-state index in [1.807, 2.05) is 12.1 Å². The Balaban J connectivity index is 1.51. The first-order chi connectivity index (χ1) is 13.3. The molecule has 146 valence electrons. The summed E-state index contributed by atoms with van der Waals surface area (Å²) < 4.78 is 13.3. The first-order valence-electron chi connectivity index (χ1n) is 10.6. The third-order valence-electron chi connectivity index (χ3n) is 8.36. The van der Waals surface area contributed by atoms with Gasteiger partial charge >= 0.3 is 0 Å². The number of carbonyl (C=O) groups excluding carboxylic acids is 1. The number of pyridine rings is 1. The van der Waals surface area contributed by atoms with Gasteiger partial charge in [-0.1, -0.05) is 44.1 Å². The standard InChI is InChI=1S/C25H28FNO/c1-15-12-18-20-6-5-19(16-4-7-23(26)27-14-16)24(20,2)11-9-21(18)25(3)10-8-17(28)13-22(15)25/h4-7,13-15,18,21H,8-12H2,1-3H3/t15?,18?,21?,24-,25-/m1/s1. The van der Waals surface area contributed by atoms with E-state index in [2.05, 4.69) is 37.9 Å². The number of carbonyl (C=O) groups is 1. The predicted molar refractivity (Wildman–Crippen MR) is 109 cm³/mol. The van der Waals surface area contributed by atoms with Crippen LogP contribution in [0.15, 0.2) is 47.7 Å². The average molecular weight is 378 g/mol. The van der Waals surface area contributed by atoms with Crippen LogP contribution in [-0.2, 0) is 4.79 Å². The Morgan fingerprint density at radius 3 is 2.71 bits per heavy atom.